The maximum absolute atomic E-state index is 11.0. The molecule has 108 valence electrons. The van der Waals surface area contributed by atoms with E-state index in [9.17, 15) is 15.2 Å². The number of hydrogen-bond donors (Lipinski definition) is 2. The third-order valence-corrected chi connectivity index (χ3v) is 2.72. The third kappa shape index (κ3) is 4.52. The number of anilines is 1. The fourth-order valence-electron chi connectivity index (χ4n) is 1.98. The Morgan fingerprint density at radius 1 is 1.50 bits per heavy atom. The molecule has 6 heteroatoms. The number of nitro benzene ring substituents is 1. The van der Waals surface area contributed by atoms with Crippen LogP contribution in [0.15, 0.2) is 18.2 Å². The summed E-state index contributed by atoms with van der Waals surface area (Å²) in [6.07, 6.45) is -0.0357. The number of benzene rings is 1. The Morgan fingerprint density at radius 3 is 2.65 bits per heavy atom. The molecule has 1 aromatic rings. The molecule has 0 heterocycles. The maximum Gasteiger partial charge on any atom is 0.309 e. The molecule has 0 aliphatic heterocycles. The molecule has 1 unspecified atom stereocenters. The van der Waals surface area contributed by atoms with E-state index in [1.54, 1.807) is 12.1 Å². The molecule has 0 fully saturated rings. The van der Waals surface area contributed by atoms with Gasteiger partial charge in [-0.1, -0.05) is 26.8 Å². The van der Waals surface area contributed by atoms with Crippen LogP contribution < -0.4 is 5.32 Å². The summed E-state index contributed by atoms with van der Waals surface area (Å²) < 4.78 is 0. The molecule has 2 N–H and O–H groups in total. The average molecular weight is 277 g/mol. The van der Waals surface area contributed by atoms with Gasteiger partial charge in [-0.2, -0.15) is 5.26 Å². The predicted octanol–water partition coefficient (Wildman–Crippen LogP) is 2.68. The molecule has 1 aromatic carbocycles. The van der Waals surface area contributed by atoms with E-state index in [0.717, 1.165) is 0 Å². The molecular weight excluding hydrogens is 258 g/mol. The quantitative estimate of drug-likeness (QED) is 0.636. The molecule has 20 heavy (non-hydrogen) atoms. The Bertz CT molecular complexity index is 529. The minimum atomic E-state index is -0.611. The zero-order chi connectivity index (χ0) is 15.3. The van der Waals surface area contributed by atoms with Crippen LogP contribution in [0.1, 0.15) is 32.8 Å². The van der Waals surface area contributed by atoms with E-state index in [1.807, 2.05) is 20.8 Å². The zero-order valence-corrected chi connectivity index (χ0v) is 11.9. The summed E-state index contributed by atoms with van der Waals surface area (Å²) in [5.41, 5.74) is -0.0214. The van der Waals surface area contributed by atoms with Gasteiger partial charge in [0.15, 0.2) is 0 Å². The second-order valence-electron chi connectivity index (χ2n) is 5.87. The second-order valence-corrected chi connectivity index (χ2v) is 5.87. The summed E-state index contributed by atoms with van der Waals surface area (Å²) in [4.78, 5) is 10.4. The van der Waals surface area contributed by atoms with Crippen LogP contribution in [0.2, 0.25) is 0 Å². The minimum absolute atomic E-state index is 0.00492. The van der Waals surface area contributed by atoms with Crippen molar-refractivity contribution in [1.29, 1.82) is 5.26 Å². The van der Waals surface area contributed by atoms with Crippen LogP contribution in [0.5, 0.6) is 0 Å². The van der Waals surface area contributed by atoms with Crippen molar-refractivity contribution < 1.29 is 10.0 Å². The van der Waals surface area contributed by atoms with E-state index in [-0.39, 0.29) is 28.9 Å². The number of nitriles is 1. The molecule has 0 saturated heterocycles. The summed E-state index contributed by atoms with van der Waals surface area (Å²) >= 11 is 0. The molecular formula is C14H19N3O3. The number of hydrogen-bond acceptors (Lipinski definition) is 5. The van der Waals surface area contributed by atoms with Gasteiger partial charge in [-0.15, -0.1) is 0 Å². The van der Waals surface area contributed by atoms with Crippen LogP contribution in [-0.2, 0) is 0 Å². The van der Waals surface area contributed by atoms with Crippen LogP contribution in [0.25, 0.3) is 0 Å². The normalized spacial score (nSPS) is 12.6. The predicted molar refractivity (Wildman–Crippen MR) is 76.4 cm³/mol. The van der Waals surface area contributed by atoms with Gasteiger partial charge < -0.3 is 10.4 Å². The standard InChI is InChI=1S/C14H19N3O3/c1-14(2,3)7-11(18)9-16-12-6-4-5-10(8-15)13(12)17(19)20/h4-6,11,16,18H,7,9H2,1-3H3. The van der Waals surface area contributed by atoms with Crippen LogP contribution >= 0.6 is 0 Å². The summed E-state index contributed by atoms with van der Waals surface area (Å²) in [6.45, 7) is 6.23. The van der Waals surface area contributed by atoms with Crippen molar-refractivity contribution in [2.24, 2.45) is 5.41 Å². The van der Waals surface area contributed by atoms with E-state index in [2.05, 4.69) is 5.32 Å². The SMILES string of the molecule is CC(C)(C)CC(O)CNc1cccc(C#N)c1[N+](=O)[O-]. The first-order valence-electron chi connectivity index (χ1n) is 6.34. The highest BCUT2D eigenvalue weighted by atomic mass is 16.6. The van der Waals surface area contributed by atoms with Crippen molar-refractivity contribution in [1.82, 2.24) is 0 Å². The Morgan fingerprint density at radius 2 is 2.15 bits per heavy atom. The first-order chi connectivity index (χ1) is 9.24. The Hall–Kier alpha value is -2.13. The molecule has 1 rings (SSSR count). The lowest BCUT2D eigenvalue weighted by molar-refractivity contribution is -0.384. The largest absolute Gasteiger partial charge is 0.391 e. The van der Waals surface area contributed by atoms with Crippen molar-refractivity contribution >= 4 is 11.4 Å². The van der Waals surface area contributed by atoms with E-state index in [1.165, 1.54) is 12.1 Å². The summed E-state index contributed by atoms with van der Waals surface area (Å²) in [5.74, 6) is 0. The van der Waals surface area contributed by atoms with Crippen molar-refractivity contribution in [3.63, 3.8) is 0 Å². The van der Waals surface area contributed by atoms with Crippen molar-refractivity contribution in [3.8, 4) is 6.07 Å². The summed E-state index contributed by atoms with van der Waals surface area (Å²) in [5, 5.41) is 32.7. The first-order valence-corrected chi connectivity index (χ1v) is 6.34. The van der Waals surface area contributed by atoms with Gasteiger partial charge in [0.1, 0.15) is 17.3 Å². The summed E-state index contributed by atoms with van der Waals surface area (Å²) in [6, 6.07) is 6.30. The first kappa shape index (κ1) is 15.9. The monoisotopic (exact) mass is 277 g/mol. The molecule has 0 radical (unpaired) electrons. The average Bonchev–Trinajstić information content (AvgIpc) is 2.33. The number of aliphatic hydroxyl groups is 1. The van der Waals surface area contributed by atoms with Gasteiger partial charge in [-0.25, -0.2) is 0 Å². The summed E-state index contributed by atoms with van der Waals surface area (Å²) in [7, 11) is 0. The number of rotatable bonds is 5. The fourth-order valence-corrected chi connectivity index (χ4v) is 1.98. The molecule has 0 aliphatic carbocycles. The molecule has 0 amide bonds. The molecule has 0 aromatic heterocycles. The highest BCUT2D eigenvalue weighted by molar-refractivity contribution is 5.68. The molecule has 0 saturated carbocycles. The molecule has 6 nitrogen and oxygen atoms in total. The highest BCUT2D eigenvalue weighted by Crippen LogP contribution is 2.28. The lowest BCUT2D eigenvalue weighted by Crippen LogP contribution is -2.25. The van der Waals surface area contributed by atoms with Gasteiger partial charge in [-0.3, -0.25) is 10.1 Å². The molecule has 0 aliphatic rings. The van der Waals surface area contributed by atoms with Crippen LogP contribution in [0.4, 0.5) is 11.4 Å². The van der Waals surface area contributed by atoms with E-state index < -0.39 is 11.0 Å². The Labute approximate surface area is 118 Å². The second kappa shape index (κ2) is 6.35. The highest BCUT2D eigenvalue weighted by Gasteiger charge is 2.21. The van der Waals surface area contributed by atoms with E-state index in [4.69, 9.17) is 5.26 Å². The molecule has 0 bridgehead atoms. The molecule has 1 atom stereocenters. The maximum atomic E-state index is 11.0. The number of nitrogens with zero attached hydrogens (tertiary/aromatic N) is 2. The van der Waals surface area contributed by atoms with Crippen LogP contribution in [0.3, 0.4) is 0 Å². The van der Waals surface area contributed by atoms with Gasteiger partial charge >= 0.3 is 5.69 Å². The van der Waals surface area contributed by atoms with Crippen LogP contribution in [-0.4, -0.2) is 22.7 Å². The van der Waals surface area contributed by atoms with Gasteiger partial charge in [0.2, 0.25) is 0 Å². The third-order valence-electron chi connectivity index (χ3n) is 2.72. The van der Waals surface area contributed by atoms with Gasteiger partial charge in [0, 0.05) is 6.54 Å². The topological polar surface area (TPSA) is 99.2 Å². The number of nitrogens with one attached hydrogen (secondary N) is 1. The number of para-hydroxylation sites is 1. The number of nitro groups is 1. The van der Waals surface area contributed by atoms with E-state index >= 15 is 0 Å². The number of aliphatic hydroxyl groups excluding tert-OH is 1. The lowest BCUT2D eigenvalue weighted by Gasteiger charge is -2.22. The van der Waals surface area contributed by atoms with E-state index in [0.29, 0.717) is 6.42 Å². The Kier molecular flexibility index (Phi) is 5.06. The van der Waals surface area contributed by atoms with Crippen molar-refractivity contribution in [2.45, 2.75) is 33.3 Å². The lowest BCUT2D eigenvalue weighted by atomic mass is 9.89. The van der Waals surface area contributed by atoms with Gasteiger partial charge in [0.25, 0.3) is 0 Å². The smallest absolute Gasteiger partial charge is 0.309 e. The van der Waals surface area contributed by atoms with Crippen LogP contribution in [0, 0.1) is 26.9 Å². The minimum Gasteiger partial charge on any atom is -0.391 e. The van der Waals surface area contributed by atoms with Gasteiger partial charge in [-0.05, 0) is 24.0 Å². The Balaban J connectivity index is 2.84. The van der Waals surface area contributed by atoms with Crippen molar-refractivity contribution in [3.05, 3.63) is 33.9 Å². The molecule has 0 spiro atoms. The van der Waals surface area contributed by atoms with Gasteiger partial charge in [0.05, 0.1) is 11.0 Å². The fraction of sp³-hybridized carbons (Fsp3) is 0.500. The zero-order valence-electron chi connectivity index (χ0n) is 11.9. The van der Waals surface area contributed by atoms with Crippen molar-refractivity contribution in [2.75, 3.05) is 11.9 Å².